The molecule has 0 radical (unpaired) electrons. The number of carbonyl (C=O) groups is 2. The first-order chi connectivity index (χ1) is 16.2. The van der Waals surface area contributed by atoms with Crippen LogP contribution >= 0.6 is 0 Å². The smallest absolute Gasteiger partial charge is 0.239 e. The van der Waals surface area contributed by atoms with Crippen molar-refractivity contribution in [1.82, 2.24) is 19.6 Å². The molecule has 194 valence electrons. The molecule has 1 aromatic rings. The van der Waals surface area contributed by atoms with E-state index in [1.807, 2.05) is 13.8 Å². The lowest BCUT2D eigenvalue weighted by Gasteiger charge is -2.31. The fourth-order valence-electron chi connectivity index (χ4n) is 3.97. The second-order valence-electron chi connectivity index (χ2n) is 9.01. The quantitative estimate of drug-likeness (QED) is 0.552. The molecule has 3 N–H and O–H groups in total. The molecule has 0 spiro atoms. The summed E-state index contributed by atoms with van der Waals surface area (Å²) in [5.41, 5.74) is 0. The third-order valence-electron chi connectivity index (χ3n) is 5.92. The van der Waals surface area contributed by atoms with E-state index >= 15 is 0 Å². The maximum Gasteiger partial charge on any atom is 0.239 e. The predicted octanol–water partition coefficient (Wildman–Crippen LogP) is 0.490. The summed E-state index contributed by atoms with van der Waals surface area (Å²) in [7, 11) is 1.44. The first-order valence-electron chi connectivity index (χ1n) is 12.0. The molecule has 1 aromatic heterocycles. The molecule has 1 aliphatic rings. The number of aliphatic hydroxyl groups is 2. The fraction of sp³-hybridized carbons (Fsp3) is 0.783. The van der Waals surface area contributed by atoms with Gasteiger partial charge in [0.25, 0.3) is 0 Å². The maximum atomic E-state index is 12.7. The van der Waals surface area contributed by atoms with Crippen molar-refractivity contribution in [2.24, 2.45) is 0 Å². The van der Waals surface area contributed by atoms with Crippen molar-refractivity contribution in [3.8, 4) is 0 Å². The average Bonchev–Trinajstić information content (AvgIpc) is 3.24. The minimum absolute atomic E-state index is 0.0171. The molecule has 2 heterocycles. The Balaban J connectivity index is 2.03. The molecule has 2 amide bonds. The maximum absolute atomic E-state index is 12.7. The number of hydrogen-bond donors (Lipinski definition) is 3. The van der Waals surface area contributed by atoms with E-state index in [-0.39, 0.29) is 37.6 Å². The topological polar surface area (TPSA) is 129 Å². The summed E-state index contributed by atoms with van der Waals surface area (Å²) in [4.78, 5) is 28.6. The normalized spacial score (nSPS) is 24.4. The van der Waals surface area contributed by atoms with Crippen LogP contribution in [0, 0.1) is 0 Å². The van der Waals surface area contributed by atoms with Crippen molar-refractivity contribution in [1.29, 1.82) is 0 Å². The number of aromatic nitrogens is 2. The minimum atomic E-state index is -1.17. The Hall–Kier alpha value is -2.05. The van der Waals surface area contributed by atoms with Gasteiger partial charge in [-0.05, 0) is 39.7 Å². The SMILES string of the molecule is CO[C@H]1CN(C(C)=O)CCCN(CC(=O)Nc2ccnn2C(C)C)CCCCOC[C@H](O)[C@@H]1O. The molecule has 34 heavy (non-hydrogen) atoms. The Morgan fingerprint density at radius 2 is 1.97 bits per heavy atom. The number of hydrogen-bond acceptors (Lipinski definition) is 8. The number of methoxy groups -OCH3 is 1. The number of aliphatic hydroxyl groups excluding tert-OH is 2. The van der Waals surface area contributed by atoms with Gasteiger partial charge in [-0.2, -0.15) is 5.10 Å². The van der Waals surface area contributed by atoms with Crippen molar-refractivity contribution in [2.75, 3.05) is 58.4 Å². The van der Waals surface area contributed by atoms with Crippen molar-refractivity contribution in [2.45, 2.75) is 64.4 Å². The van der Waals surface area contributed by atoms with Crippen molar-refractivity contribution < 1.29 is 29.3 Å². The van der Waals surface area contributed by atoms with E-state index in [0.29, 0.717) is 38.5 Å². The fourth-order valence-corrected chi connectivity index (χ4v) is 3.97. The molecule has 2 rings (SSSR count). The molecule has 0 bridgehead atoms. The lowest BCUT2D eigenvalue weighted by molar-refractivity contribution is -0.136. The summed E-state index contributed by atoms with van der Waals surface area (Å²) in [6.45, 7) is 8.05. The predicted molar refractivity (Wildman–Crippen MR) is 127 cm³/mol. The van der Waals surface area contributed by atoms with E-state index < -0.39 is 18.3 Å². The summed E-state index contributed by atoms with van der Waals surface area (Å²) < 4.78 is 12.7. The Kier molecular flexibility index (Phi) is 11.9. The van der Waals surface area contributed by atoms with Crippen LogP contribution in [0.3, 0.4) is 0 Å². The van der Waals surface area contributed by atoms with E-state index in [1.165, 1.54) is 14.0 Å². The zero-order valence-corrected chi connectivity index (χ0v) is 20.9. The summed E-state index contributed by atoms with van der Waals surface area (Å²) in [5, 5.41) is 27.9. The highest BCUT2D eigenvalue weighted by Gasteiger charge is 2.29. The molecule has 0 unspecified atom stereocenters. The average molecular weight is 484 g/mol. The highest BCUT2D eigenvalue weighted by molar-refractivity contribution is 5.91. The third kappa shape index (κ3) is 8.95. The van der Waals surface area contributed by atoms with Crippen LogP contribution in [0.15, 0.2) is 12.3 Å². The lowest BCUT2D eigenvalue weighted by atomic mass is 10.1. The Bertz CT molecular complexity index is 758. The second-order valence-corrected chi connectivity index (χ2v) is 9.01. The van der Waals surface area contributed by atoms with Crippen LogP contribution in [0.4, 0.5) is 5.82 Å². The largest absolute Gasteiger partial charge is 0.388 e. The number of nitrogens with zero attached hydrogens (tertiary/aromatic N) is 4. The Labute approximate surface area is 202 Å². The van der Waals surface area contributed by atoms with Gasteiger partial charge in [-0.15, -0.1) is 0 Å². The van der Waals surface area contributed by atoms with Crippen LogP contribution in [0.25, 0.3) is 0 Å². The molecule has 3 atom stereocenters. The zero-order chi connectivity index (χ0) is 25.1. The van der Waals surface area contributed by atoms with E-state index in [1.54, 1.807) is 21.8 Å². The van der Waals surface area contributed by atoms with E-state index in [2.05, 4.69) is 15.3 Å². The monoisotopic (exact) mass is 483 g/mol. The number of amides is 2. The lowest BCUT2D eigenvalue weighted by Crippen LogP contribution is -2.48. The van der Waals surface area contributed by atoms with E-state index in [0.717, 1.165) is 12.8 Å². The van der Waals surface area contributed by atoms with Gasteiger partial charge in [-0.1, -0.05) is 0 Å². The van der Waals surface area contributed by atoms with Gasteiger partial charge in [0.1, 0.15) is 24.1 Å². The standard InChI is InChI=1S/C23H41N5O6/c1-17(2)28-21(8-9-24-28)25-22(31)15-26-10-5-6-13-34-16-19(30)23(32)20(33-4)14-27(18(3)29)12-7-11-26/h8-9,17,19-20,23,30,32H,5-7,10-16H2,1-4H3,(H,25,31)/t19-,20-,23-/m0/s1. The van der Waals surface area contributed by atoms with Gasteiger partial charge in [0.05, 0.1) is 19.3 Å². The highest BCUT2D eigenvalue weighted by Crippen LogP contribution is 2.13. The molecule has 0 aromatic carbocycles. The second kappa shape index (κ2) is 14.4. The molecule has 1 fully saturated rings. The van der Waals surface area contributed by atoms with Crippen molar-refractivity contribution in [3.63, 3.8) is 0 Å². The van der Waals surface area contributed by atoms with E-state index in [9.17, 15) is 19.8 Å². The summed E-state index contributed by atoms with van der Waals surface area (Å²) >= 11 is 0. The van der Waals surface area contributed by atoms with Gasteiger partial charge >= 0.3 is 0 Å². The Morgan fingerprint density at radius 3 is 2.65 bits per heavy atom. The minimum Gasteiger partial charge on any atom is -0.388 e. The first kappa shape index (κ1) is 28.2. The van der Waals surface area contributed by atoms with E-state index in [4.69, 9.17) is 9.47 Å². The first-order valence-corrected chi connectivity index (χ1v) is 12.0. The van der Waals surface area contributed by atoms with Crippen LogP contribution in [0.5, 0.6) is 0 Å². The third-order valence-corrected chi connectivity index (χ3v) is 5.92. The zero-order valence-electron chi connectivity index (χ0n) is 20.9. The van der Waals surface area contributed by atoms with Gasteiger partial charge in [0, 0.05) is 52.4 Å². The molecular formula is C23H41N5O6. The van der Waals surface area contributed by atoms with Crippen LogP contribution < -0.4 is 5.32 Å². The highest BCUT2D eigenvalue weighted by atomic mass is 16.5. The molecule has 1 aliphatic heterocycles. The summed E-state index contributed by atoms with van der Waals surface area (Å²) in [6.07, 6.45) is 0.876. The van der Waals surface area contributed by atoms with Crippen molar-refractivity contribution >= 4 is 17.6 Å². The van der Waals surface area contributed by atoms with Gasteiger partial charge in [0.15, 0.2) is 0 Å². The van der Waals surface area contributed by atoms with Gasteiger partial charge < -0.3 is 29.9 Å². The molecule has 0 saturated carbocycles. The van der Waals surface area contributed by atoms with Crippen molar-refractivity contribution in [3.05, 3.63) is 12.3 Å². The van der Waals surface area contributed by atoms with Crippen LogP contribution in [-0.4, -0.2) is 113 Å². The molecule has 0 aliphatic carbocycles. The molecule has 11 heteroatoms. The molecular weight excluding hydrogens is 442 g/mol. The number of nitrogens with one attached hydrogen (secondary N) is 1. The van der Waals surface area contributed by atoms with Gasteiger partial charge in [-0.25, -0.2) is 4.68 Å². The summed E-state index contributed by atoms with van der Waals surface area (Å²) in [6, 6.07) is 1.91. The molecule has 1 saturated heterocycles. The summed E-state index contributed by atoms with van der Waals surface area (Å²) in [5.74, 6) is 0.401. The number of carbonyl (C=O) groups excluding carboxylic acids is 2. The van der Waals surface area contributed by atoms with Gasteiger partial charge in [-0.3, -0.25) is 14.5 Å². The molecule has 11 nitrogen and oxygen atoms in total. The number of anilines is 1. The number of ether oxygens (including phenoxy) is 2. The van der Waals surface area contributed by atoms with Crippen LogP contribution in [0.1, 0.15) is 46.1 Å². The van der Waals surface area contributed by atoms with Gasteiger partial charge in [0.2, 0.25) is 11.8 Å². The number of rotatable bonds is 5. The Morgan fingerprint density at radius 1 is 1.24 bits per heavy atom. The van der Waals surface area contributed by atoms with Crippen LogP contribution in [0.2, 0.25) is 0 Å². The van der Waals surface area contributed by atoms with Crippen LogP contribution in [-0.2, 0) is 19.1 Å².